The van der Waals surface area contributed by atoms with E-state index in [1.54, 1.807) is 13.0 Å². The van der Waals surface area contributed by atoms with Gasteiger partial charge in [0.2, 0.25) is 0 Å². The highest BCUT2D eigenvalue weighted by Crippen LogP contribution is 2.43. The number of hydrogen-bond acceptors (Lipinski definition) is 8. The Hall–Kier alpha value is -5.60. The van der Waals surface area contributed by atoms with Gasteiger partial charge in [0.1, 0.15) is 6.04 Å². The molecule has 0 spiro atoms. The lowest BCUT2D eigenvalue weighted by Gasteiger charge is -2.18. The minimum absolute atomic E-state index is 0.000847. The highest BCUT2D eigenvalue weighted by molar-refractivity contribution is 6.02. The summed E-state index contributed by atoms with van der Waals surface area (Å²) in [5.74, 6) is -5.68. The maximum absolute atomic E-state index is 13.0. The van der Waals surface area contributed by atoms with E-state index in [-0.39, 0.29) is 42.9 Å². The molecule has 2 aliphatic heterocycles. The van der Waals surface area contributed by atoms with Crippen molar-refractivity contribution in [2.75, 3.05) is 6.61 Å². The van der Waals surface area contributed by atoms with Gasteiger partial charge in [0.05, 0.1) is 35.5 Å². The molecule has 0 amide bonds. The van der Waals surface area contributed by atoms with E-state index in [1.165, 1.54) is 0 Å². The second kappa shape index (κ2) is 15.3. The van der Waals surface area contributed by atoms with Crippen molar-refractivity contribution in [3.8, 4) is 0 Å². The molecule has 0 aromatic carbocycles. The Morgan fingerprint density at radius 2 is 1.65 bits per heavy atom. The van der Waals surface area contributed by atoms with E-state index in [0.717, 1.165) is 33.3 Å². The van der Waals surface area contributed by atoms with Crippen molar-refractivity contribution in [3.05, 3.63) is 81.4 Å². The first-order chi connectivity index (χ1) is 24.7. The number of aromatic carboxylic acids is 1. The number of aromatic nitrogens is 4. The lowest BCUT2D eigenvalue weighted by atomic mass is 9.85. The summed E-state index contributed by atoms with van der Waals surface area (Å²) in [6, 6.07) is 4.19. The summed E-state index contributed by atoms with van der Waals surface area (Å²) in [5.41, 5.74) is 11.9. The van der Waals surface area contributed by atoms with E-state index in [4.69, 9.17) is 19.9 Å². The predicted octanol–water partition coefficient (Wildman–Crippen LogP) is 6.05. The number of hydrogen-bond donors (Lipinski definition) is 7. The molecule has 0 saturated carbocycles. The molecule has 3 aromatic heterocycles. The van der Waals surface area contributed by atoms with Crippen molar-refractivity contribution in [3.63, 3.8) is 0 Å². The molecule has 0 radical (unpaired) electrons. The smallest absolute Gasteiger partial charge is 0.338 e. The zero-order valence-corrected chi connectivity index (χ0v) is 29.7. The van der Waals surface area contributed by atoms with Gasteiger partial charge in [-0.2, -0.15) is 5.48 Å². The Morgan fingerprint density at radius 1 is 0.942 bits per heavy atom. The van der Waals surface area contributed by atoms with Gasteiger partial charge in [-0.3, -0.25) is 19.4 Å². The molecule has 0 saturated heterocycles. The number of aromatic amines is 2. The number of aryl methyl sites for hydroxylation is 3. The molecule has 3 aromatic rings. The van der Waals surface area contributed by atoms with E-state index >= 15 is 0 Å². The Labute approximate surface area is 299 Å². The van der Waals surface area contributed by atoms with Crippen LogP contribution in [0, 0.1) is 13.8 Å². The second-order valence-corrected chi connectivity index (χ2v) is 13.1. The van der Waals surface area contributed by atoms with Crippen LogP contribution in [0.5, 0.6) is 0 Å². The Morgan fingerprint density at radius 3 is 2.27 bits per heavy atom. The Balaban J connectivity index is 1.87. The van der Waals surface area contributed by atoms with E-state index < -0.39 is 42.3 Å². The molecule has 0 fully saturated rings. The number of nitrogens with zero attached hydrogens (tertiary/aromatic N) is 2. The van der Waals surface area contributed by atoms with Crippen LogP contribution in [0.3, 0.4) is 0 Å². The fourth-order valence-corrected chi connectivity index (χ4v) is 7.12. The molecular formula is C38H43N5O9. The van der Waals surface area contributed by atoms with Crippen molar-refractivity contribution in [2.24, 2.45) is 0 Å². The molecular weight excluding hydrogens is 670 g/mol. The van der Waals surface area contributed by atoms with Gasteiger partial charge in [-0.1, -0.05) is 26.5 Å². The van der Waals surface area contributed by atoms with Crippen LogP contribution < -0.4 is 5.48 Å². The number of carbonyl (C=O) groups is 4. The summed E-state index contributed by atoms with van der Waals surface area (Å²) in [7, 11) is 0. The van der Waals surface area contributed by atoms with Crippen LogP contribution in [-0.4, -0.2) is 76.9 Å². The van der Waals surface area contributed by atoms with Crippen molar-refractivity contribution in [1.29, 1.82) is 0 Å². The number of carboxylic acid groups (broad SMARTS) is 4. The summed E-state index contributed by atoms with van der Waals surface area (Å²) in [6.45, 7) is 13.5. The first-order valence-electron chi connectivity index (χ1n) is 17.0. The highest BCUT2D eigenvalue weighted by Gasteiger charge is 2.33. The third kappa shape index (κ3) is 7.39. The minimum atomic E-state index is -1.53. The maximum Gasteiger partial charge on any atom is 0.338 e. The van der Waals surface area contributed by atoms with Gasteiger partial charge >= 0.3 is 23.9 Å². The quantitative estimate of drug-likeness (QED) is 0.0748. The molecule has 14 heteroatoms. The number of rotatable bonds is 14. The van der Waals surface area contributed by atoms with Crippen LogP contribution in [0.15, 0.2) is 30.9 Å². The first kappa shape index (κ1) is 37.7. The van der Waals surface area contributed by atoms with Gasteiger partial charge in [0, 0.05) is 63.8 Å². The third-order valence-electron chi connectivity index (χ3n) is 9.98. The standard InChI is InChI=1S/C38H43N5O9/c1-7-21-17(3)25-13-27-19(5)23(9-10-32(44)45)35(41-27)24(11-12-52-43-31(37(48)49)16-33(46)47)36-34(38(50)51)20(6)28(42-36)15-30-22(8-2)18(4)26(40-30)14-29(21)39-25/h7,13-15,19,23,31,40,42-43H,1,8-12,16H2,2-6H3,(H,44,45)(H,46,47)(H,48,49)(H,50,51)/t19-,23-,31-/m0/s1. The number of allylic oxidation sites excluding steroid dienone is 3. The Bertz CT molecular complexity index is 2180. The van der Waals surface area contributed by atoms with E-state index in [9.17, 15) is 34.5 Å². The van der Waals surface area contributed by atoms with E-state index in [0.29, 0.717) is 45.8 Å². The summed E-state index contributed by atoms with van der Waals surface area (Å²) >= 11 is 0. The summed E-state index contributed by atoms with van der Waals surface area (Å²) in [5, 5.41) is 38.9. The SMILES string of the molecule is C=CC1=C(C)c2cc3nc(c(CCON[C@@H](CC(=O)O)C(=O)O)c4[nH]c(cc5[nH]c(cc1n2)c(C)c5CC)c(C)c4C(=O)O)[C@@H](CCC(=O)O)[C@@H]3C. The lowest BCUT2D eigenvalue weighted by Crippen LogP contribution is -2.38. The van der Waals surface area contributed by atoms with E-state index in [2.05, 4.69) is 22.0 Å². The molecule has 0 unspecified atom stereocenters. The molecule has 5 heterocycles. The summed E-state index contributed by atoms with van der Waals surface area (Å²) < 4.78 is 0. The van der Waals surface area contributed by atoms with Crippen molar-refractivity contribution in [1.82, 2.24) is 25.4 Å². The van der Waals surface area contributed by atoms with E-state index in [1.807, 2.05) is 45.9 Å². The highest BCUT2D eigenvalue weighted by atomic mass is 16.6. The number of aliphatic carboxylic acids is 3. The van der Waals surface area contributed by atoms with Crippen LogP contribution in [0.25, 0.3) is 33.2 Å². The molecule has 7 N–H and O–H groups in total. The van der Waals surface area contributed by atoms with Crippen LogP contribution in [0.4, 0.5) is 0 Å². The molecule has 52 heavy (non-hydrogen) atoms. The average Bonchev–Trinajstić information content (AvgIpc) is 3.75. The lowest BCUT2D eigenvalue weighted by molar-refractivity contribution is -0.150. The van der Waals surface area contributed by atoms with Crippen molar-refractivity contribution < 1.29 is 44.4 Å². The predicted molar refractivity (Wildman–Crippen MR) is 194 cm³/mol. The number of H-pyrrole nitrogens is 2. The number of fused-ring (bicyclic) bond motifs is 8. The molecule has 3 atom stereocenters. The normalized spacial score (nSPS) is 16.2. The molecule has 14 nitrogen and oxygen atoms in total. The molecule has 2 aliphatic rings. The van der Waals surface area contributed by atoms with Gasteiger partial charge in [-0.15, -0.1) is 0 Å². The topological polar surface area (TPSA) is 228 Å². The fraction of sp³-hybridized carbons (Fsp3) is 0.368. The van der Waals surface area contributed by atoms with Crippen LogP contribution in [-0.2, 0) is 32.1 Å². The number of carboxylic acids is 4. The van der Waals surface area contributed by atoms with Gasteiger partial charge in [-0.05, 0) is 74.1 Å². The number of nitrogens with one attached hydrogen (secondary N) is 3. The largest absolute Gasteiger partial charge is 0.481 e. The van der Waals surface area contributed by atoms with Gasteiger partial charge in [0.25, 0.3) is 0 Å². The molecule has 0 aliphatic carbocycles. The molecule has 8 bridgehead atoms. The van der Waals surface area contributed by atoms with Crippen LogP contribution >= 0.6 is 0 Å². The summed E-state index contributed by atoms with van der Waals surface area (Å²) in [4.78, 5) is 70.1. The molecule has 5 rings (SSSR count). The maximum atomic E-state index is 13.0. The average molecular weight is 714 g/mol. The second-order valence-electron chi connectivity index (χ2n) is 13.1. The number of hydroxylamine groups is 1. The third-order valence-corrected chi connectivity index (χ3v) is 9.98. The van der Waals surface area contributed by atoms with Gasteiger partial charge in [-0.25, -0.2) is 9.78 Å². The van der Waals surface area contributed by atoms with Crippen LogP contribution in [0.1, 0.15) is 107 Å². The van der Waals surface area contributed by atoms with Crippen LogP contribution in [0.2, 0.25) is 0 Å². The van der Waals surface area contributed by atoms with Gasteiger partial charge in [0.15, 0.2) is 0 Å². The van der Waals surface area contributed by atoms with Gasteiger partial charge < -0.3 is 35.2 Å². The first-order valence-corrected chi connectivity index (χ1v) is 17.0. The van der Waals surface area contributed by atoms with Crippen molar-refractivity contribution in [2.45, 2.75) is 84.6 Å². The summed E-state index contributed by atoms with van der Waals surface area (Å²) in [6.07, 6.45) is 1.76. The zero-order valence-electron chi connectivity index (χ0n) is 29.7. The minimum Gasteiger partial charge on any atom is -0.481 e. The fourth-order valence-electron chi connectivity index (χ4n) is 7.12. The van der Waals surface area contributed by atoms with Crippen molar-refractivity contribution >= 4 is 57.1 Å². The Kier molecular flexibility index (Phi) is 11.1. The monoisotopic (exact) mass is 713 g/mol. The molecule has 274 valence electrons. The zero-order chi connectivity index (χ0) is 38.0.